The highest BCUT2D eigenvalue weighted by Gasteiger charge is 2.51. The molecule has 0 aromatic heterocycles. The van der Waals surface area contributed by atoms with Gasteiger partial charge in [0, 0.05) is 18.4 Å². The van der Waals surface area contributed by atoms with Crippen molar-refractivity contribution < 1.29 is 32.6 Å². The second kappa shape index (κ2) is 17.5. The molecule has 0 fully saturated rings. The predicted molar refractivity (Wildman–Crippen MR) is 147 cm³/mol. The van der Waals surface area contributed by atoms with Crippen LogP contribution in [0.15, 0.2) is 60.0 Å². The van der Waals surface area contributed by atoms with Crippen molar-refractivity contribution in [2.24, 2.45) is 5.73 Å². The molecule has 0 aliphatic heterocycles. The summed E-state index contributed by atoms with van der Waals surface area (Å²) >= 11 is 1.47. The van der Waals surface area contributed by atoms with Crippen molar-refractivity contribution in [1.29, 1.82) is 5.26 Å². The van der Waals surface area contributed by atoms with Crippen LogP contribution in [0.1, 0.15) is 54.4 Å². The third-order valence-electron chi connectivity index (χ3n) is 5.18. The van der Waals surface area contributed by atoms with E-state index in [2.05, 4.69) is 6.58 Å². The summed E-state index contributed by atoms with van der Waals surface area (Å²) in [5.74, 6) is -0.872. The second-order valence-corrected chi connectivity index (χ2v) is 9.73. The number of nitriles is 1. The van der Waals surface area contributed by atoms with Crippen LogP contribution in [0.2, 0.25) is 0 Å². The van der Waals surface area contributed by atoms with Crippen LogP contribution in [-0.2, 0) is 14.3 Å². The van der Waals surface area contributed by atoms with Gasteiger partial charge >= 0.3 is 12.1 Å². The standard InChI is InChI=1S/C16H24N2O3S.C11H16F3NO/c1-6-9-16(4,22-5)15(20)18(8-3)12-13(11-17)14(19)21-10-7-2;1-4-5-9(7-6-8(2)15)10(3,16)11(12,13)14/h7,12H,2,6,8-10H2,1,3-5H3;4-7,16H,15H2,1-3H3/b13-12+;5-4-,8-6+,9-7+. The first-order chi connectivity index (χ1) is 17.5. The number of nitrogens with zero attached hydrogens (tertiary/aromatic N) is 2. The summed E-state index contributed by atoms with van der Waals surface area (Å²) in [6.45, 7) is 13.4. The molecule has 0 rings (SSSR count). The van der Waals surface area contributed by atoms with Crippen LogP contribution in [0.25, 0.3) is 0 Å². The molecular formula is C27H40F3N3O4S. The van der Waals surface area contributed by atoms with Crippen LogP contribution in [0.4, 0.5) is 13.2 Å². The second-order valence-electron chi connectivity index (χ2n) is 8.42. The molecule has 0 heterocycles. The Balaban J connectivity index is 0. The quantitative estimate of drug-likeness (QED) is 0.106. The number of carbonyl (C=O) groups is 2. The van der Waals surface area contributed by atoms with E-state index in [1.807, 2.05) is 20.1 Å². The number of nitrogens with two attached hydrogens (primary N) is 1. The number of thioether (sulfide) groups is 1. The van der Waals surface area contributed by atoms with Crippen LogP contribution < -0.4 is 5.73 Å². The van der Waals surface area contributed by atoms with E-state index in [1.54, 1.807) is 26.8 Å². The van der Waals surface area contributed by atoms with Gasteiger partial charge in [0.25, 0.3) is 0 Å². The van der Waals surface area contributed by atoms with Crippen LogP contribution in [-0.4, -0.2) is 57.8 Å². The molecule has 2 atom stereocenters. The van der Waals surface area contributed by atoms with Crippen molar-refractivity contribution in [3.05, 3.63) is 60.0 Å². The maximum absolute atomic E-state index is 12.7. The highest BCUT2D eigenvalue weighted by atomic mass is 32.2. The topological polar surface area (TPSA) is 117 Å². The molecule has 0 bridgehead atoms. The lowest BCUT2D eigenvalue weighted by atomic mass is 9.94. The van der Waals surface area contributed by atoms with Gasteiger partial charge in [0.05, 0.1) is 4.75 Å². The molecule has 0 aliphatic rings. The first-order valence-corrected chi connectivity index (χ1v) is 13.1. The minimum atomic E-state index is -4.73. The number of alkyl halides is 3. The van der Waals surface area contributed by atoms with Crippen molar-refractivity contribution in [2.75, 3.05) is 19.4 Å². The minimum absolute atomic E-state index is 0.0241. The van der Waals surface area contributed by atoms with E-state index in [4.69, 9.17) is 15.7 Å². The van der Waals surface area contributed by atoms with Gasteiger partial charge < -0.3 is 20.5 Å². The number of hydrogen-bond donors (Lipinski definition) is 2. The van der Waals surface area contributed by atoms with Crippen LogP contribution in [0, 0.1) is 11.3 Å². The first-order valence-electron chi connectivity index (χ1n) is 11.8. The number of halogens is 3. The molecule has 2 unspecified atom stereocenters. The summed E-state index contributed by atoms with van der Waals surface area (Å²) in [4.78, 5) is 25.8. The molecule has 3 N–H and O–H groups in total. The number of aliphatic hydroxyl groups is 1. The van der Waals surface area contributed by atoms with Gasteiger partial charge in [-0.05, 0) is 58.9 Å². The molecule has 11 heteroatoms. The van der Waals surface area contributed by atoms with Gasteiger partial charge in [0.15, 0.2) is 11.2 Å². The molecule has 214 valence electrons. The van der Waals surface area contributed by atoms with E-state index in [0.29, 0.717) is 19.2 Å². The zero-order valence-electron chi connectivity index (χ0n) is 23.2. The number of esters is 1. The van der Waals surface area contributed by atoms with E-state index >= 15 is 0 Å². The molecule has 1 amide bonds. The molecule has 0 spiro atoms. The Hall–Kier alpha value is -2.97. The highest BCUT2D eigenvalue weighted by molar-refractivity contribution is 8.00. The summed E-state index contributed by atoms with van der Waals surface area (Å²) in [5.41, 5.74) is 2.34. The number of ether oxygens (including phenoxy) is 1. The van der Waals surface area contributed by atoms with Crippen molar-refractivity contribution in [1.82, 2.24) is 4.90 Å². The van der Waals surface area contributed by atoms with Crippen LogP contribution in [0.3, 0.4) is 0 Å². The monoisotopic (exact) mass is 559 g/mol. The average molecular weight is 560 g/mol. The Morgan fingerprint density at radius 2 is 1.82 bits per heavy atom. The van der Waals surface area contributed by atoms with E-state index in [1.165, 1.54) is 47.2 Å². The number of rotatable bonds is 12. The first kappa shape index (κ1) is 37.2. The van der Waals surface area contributed by atoms with E-state index < -0.39 is 22.5 Å². The Kier molecular flexibility index (Phi) is 17.1. The van der Waals surface area contributed by atoms with Crippen molar-refractivity contribution in [3.8, 4) is 6.07 Å². The fraction of sp³-hybridized carbons (Fsp3) is 0.519. The van der Waals surface area contributed by atoms with E-state index in [0.717, 1.165) is 18.9 Å². The van der Waals surface area contributed by atoms with Crippen molar-refractivity contribution in [2.45, 2.75) is 70.9 Å². The molecule has 0 radical (unpaired) electrons. The zero-order chi connectivity index (χ0) is 30.2. The lowest BCUT2D eigenvalue weighted by Gasteiger charge is -2.31. The largest absolute Gasteiger partial charge is 0.457 e. The van der Waals surface area contributed by atoms with Gasteiger partial charge in [-0.1, -0.05) is 44.2 Å². The van der Waals surface area contributed by atoms with Crippen LogP contribution >= 0.6 is 11.8 Å². The van der Waals surface area contributed by atoms with Crippen molar-refractivity contribution >= 4 is 23.6 Å². The Bertz CT molecular complexity index is 960. The van der Waals surface area contributed by atoms with E-state index in [9.17, 15) is 27.9 Å². The lowest BCUT2D eigenvalue weighted by molar-refractivity contribution is -0.235. The lowest BCUT2D eigenvalue weighted by Crippen LogP contribution is -2.43. The summed E-state index contributed by atoms with van der Waals surface area (Å²) < 4.78 is 41.9. The van der Waals surface area contributed by atoms with Gasteiger partial charge in [-0.15, -0.1) is 11.8 Å². The number of carbonyl (C=O) groups excluding carboxylic acids is 2. The van der Waals surface area contributed by atoms with Gasteiger partial charge in [0.1, 0.15) is 12.7 Å². The van der Waals surface area contributed by atoms with Gasteiger partial charge in [-0.2, -0.15) is 18.4 Å². The fourth-order valence-corrected chi connectivity index (χ4v) is 3.51. The molecule has 0 aromatic carbocycles. The third-order valence-corrected chi connectivity index (χ3v) is 6.46. The predicted octanol–water partition coefficient (Wildman–Crippen LogP) is 5.56. The molecular weight excluding hydrogens is 519 g/mol. The average Bonchev–Trinajstić information content (AvgIpc) is 2.84. The molecule has 0 aliphatic carbocycles. The Labute approximate surface area is 228 Å². The smallest absolute Gasteiger partial charge is 0.421 e. The zero-order valence-corrected chi connectivity index (χ0v) is 24.0. The maximum Gasteiger partial charge on any atom is 0.421 e. The highest BCUT2D eigenvalue weighted by Crippen LogP contribution is 2.36. The fourth-order valence-electron chi connectivity index (χ4n) is 2.81. The van der Waals surface area contributed by atoms with Gasteiger partial charge in [-0.25, -0.2) is 4.79 Å². The Morgan fingerprint density at radius 1 is 1.24 bits per heavy atom. The Morgan fingerprint density at radius 3 is 2.18 bits per heavy atom. The molecule has 38 heavy (non-hydrogen) atoms. The van der Waals surface area contributed by atoms with Gasteiger partial charge in [-0.3, -0.25) is 4.79 Å². The van der Waals surface area contributed by atoms with Gasteiger partial charge in [0.2, 0.25) is 5.91 Å². The molecule has 0 aromatic rings. The number of hydrogen-bond acceptors (Lipinski definition) is 7. The normalized spacial score (nSPS) is 15.9. The molecule has 0 saturated carbocycles. The summed E-state index contributed by atoms with van der Waals surface area (Å²) in [7, 11) is 0. The summed E-state index contributed by atoms with van der Waals surface area (Å²) in [6, 6.07) is 1.78. The number of allylic oxidation sites excluding steroid dienone is 4. The molecule has 0 saturated heterocycles. The number of amides is 1. The van der Waals surface area contributed by atoms with E-state index in [-0.39, 0.29) is 23.7 Å². The van der Waals surface area contributed by atoms with Crippen LogP contribution in [0.5, 0.6) is 0 Å². The minimum Gasteiger partial charge on any atom is -0.457 e. The maximum atomic E-state index is 12.7. The summed E-state index contributed by atoms with van der Waals surface area (Å²) in [5, 5.41) is 18.5. The summed E-state index contributed by atoms with van der Waals surface area (Å²) in [6.07, 6.45) is 6.54. The third kappa shape index (κ3) is 12.0. The SMILES string of the molecule is C=CCOC(=O)/C(C#N)=C/N(CC)C(=O)C(C)(CCC)SC.C\C=C/C(=C\C=C(/C)N)C(C)(O)C(F)(F)F. The van der Waals surface area contributed by atoms with Crippen molar-refractivity contribution in [3.63, 3.8) is 0 Å². The molecule has 7 nitrogen and oxygen atoms in total.